The van der Waals surface area contributed by atoms with Crippen molar-refractivity contribution in [3.05, 3.63) is 70.8 Å². The maximum absolute atomic E-state index is 11.8. The monoisotopic (exact) mass is 552 g/mol. The lowest BCUT2D eigenvalue weighted by molar-refractivity contribution is 0.0584. The van der Waals surface area contributed by atoms with Gasteiger partial charge in [0.2, 0.25) is 0 Å². The Balaban J connectivity index is 0.000000220. The van der Waals surface area contributed by atoms with Crippen LogP contribution in [0.4, 0.5) is 0 Å². The molecule has 10 nitrogen and oxygen atoms in total. The summed E-state index contributed by atoms with van der Waals surface area (Å²) in [6.07, 6.45) is 0. The van der Waals surface area contributed by atoms with Crippen molar-refractivity contribution in [2.45, 2.75) is 13.8 Å². The smallest absolute Gasteiger partial charge is 0.345 e. The highest BCUT2D eigenvalue weighted by atomic mass is 16.6. The van der Waals surface area contributed by atoms with Gasteiger partial charge < -0.3 is 37.3 Å². The molecule has 0 N–H and O–H groups in total. The lowest BCUT2D eigenvalue weighted by Crippen LogP contribution is -2.03. The lowest BCUT2D eigenvalue weighted by Gasteiger charge is -2.02. The van der Waals surface area contributed by atoms with Crippen LogP contribution < -0.4 is 18.9 Å². The molecule has 0 saturated carbocycles. The van der Waals surface area contributed by atoms with Gasteiger partial charge in [0.15, 0.2) is 0 Å². The van der Waals surface area contributed by atoms with Gasteiger partial charge >= 0.3 is 11.9 Å². The average Bonchev–Trinajstić information content (AvgIpc) is 3.52. The van der Waals surface area contributed by atoms with Gasteiger partial charge in [0.25, 0.3) is 11.9 Å². The summed E-state index contributed by atoms with van der Waals surface area (Å²) in [5, 5.41) is 0. The molecule has 4 rings (SSSR count). The number of benzene rings is 2. The summed E-state index contributed by atoms with van der Waals surface area (Å²) in [4.78, 5) is 23.6. The van der Waals surface area contributed by atoms with E-state index in [9.17, 15) is 9.59 Å². The van der Waals surface area contributed by atoms with Gasteiger partial charge in [0.05, 0.1) is 42.7 Å². The van der Waals surface area contributed by atoms with E-state index in [1.807, 2.05) is 48.5 Å². The quantitative estimate of drug-likeness (QED) is 0.237. The van der Waals surface area contributed by atoms with E-state index in [1.165, 1.54) is 28.4 Å². The van der Waals surface area contributed by atoms with Crippen molar-refractivity contribution >= 4 is 11.9 Å². The number of furan rings is 2. The molecule has 0 fully saturated rings. The first-order chi connectivity index (χ1) is 19.2. The minimum absolute atomic E-state index is 0.153. The van der Waals surface area contributed by atoms with Crippen molar-refractivity contribution in [3.8, 4) is 46.0 Å². The van der Waals surface area contributed by atoms with E-state index in [0.717, 1.165) is 22.6 Å². The minimum Gasteiger partial charge on any atom is -0.497 e. The molecule has 0 aliphatic carbocycles. The molecule has 2 aromatic heterocycles. The van der Waals surface area contributed by atoms with Crippen LogP contribution in [0.5, 0.6) is 23.4 Å². The third-order valence-corrected chi connectivity index (χ3v) is 6.08. The number of ether oxygens (including phenoxy) is 6. The van der Waals surface area contributed by atoms with Crippen LogP contribution in [-0.4, -0.2) is 54.6 Å². The fourth-order valence-electron chi connectivity index (χ4n) is 3.97. The molecule has 0 aliphatic rings. The zero-order valence-electron chi connectivity index (χ0n) is 23.7. The van der Waals surface area contributed by atoms with E-state index in [-0.39, 0.29) is 11.9 Å². The predicted molar refractivity (Wildman–Crippen MR) is 147 cm³/mol. The molecule has 0 radical (unpaired) electrons. The first kappa shape index (κ1) is 29.7. The molecule has 0 bridgehead atoms. The van der Waals surface area contributed by atoms with E-state index in [2.05, 4.69) is 0 Å². The largest absolute Gasteiger partial charge is 0.497 e. The fourth-order valence-corrected chi connectivity index (χ4v) is 3.97. The summed E-state index contributed by atoms with van der Waals surface area (Å²) < 4.78 is 41.2. The van der Waals surface area contributed by atoms with E-state index in [0.29, 0.717) is 33.8 Å². The van der Waals surface area contributed by atoms with Crippen molar-refractivity contribution < 1.29 is 46.8 Å². The number of rotatable bonds is 8. The second-order valence-corrected chi connectivity index (χ2v) is 8.29. The summed E-state index contributed by atoms with van der Waals surface area (Å²) in [5.74, 6) is 1.98. The number of carbonyl (C=O) groups is 2. The maximum Gasteiger partial charge on any atom is 0.345 e. The molecule has 2 aromatic carbocycles. The van der Waals surface area contributed by atoms with Crippen molar-refractivity contribution in [2.75, 3.05) is 42.7 Å². The SMILES string of the molecule is COC(=O)c1c(OC)oc(-c2ccc(OC)cc2)c1C.COC(=O)c1c(OC)oc(-c2ccc(OC)cc2)c1C. The van der Waals surface area contributed by atoms with E-state index in [1.54, 1.807) is 28.1 Å². The normalized spacial score (nSPS) is 10.2. The molecule has 0 unspecified atom stereocenters. The van der Waals surface area contributed by atoms with Gasteiger partial charge in [-0.25, -0.2) is 9.59 Å². The fraction of sp³-hybridized carbons (Fsp3) is 0.267. The highest BCUT2D eigenvalue weighted by Gasteiger charge is 2.26. The van der Waals surface area contributed by atoms with Crippen molar-refractivity contribution in [3.63, 3.8) is 0 Å². The Morgan fingerprint density at radius 2 is 0.850 bits per heavy atom. The highest BCUT2D eigenvalue weighted by Crippen LogP contribution is 2.37. The Kier molecular flexibility index (Phi) is 9.86. The molecule has 40 heavy (non-hydrogen) atoms. The Labute approximate surface area is 232 Å². The standard InChI is InChI=1S/2C15H16O5/c2*1-9-12(14(16)18-3)15(19-4)20-13(9)10-5-7-11(17-2)8-6-10/h2*5-8H,1-4H3. The molecule has 212 valence electrons. The highest BCUT2D eigenvalue weighted by molar-refractivity contribution is 5.96. The van der Waals surface area contributed by atoms with Crippen LogP contribution in [0.15, 0.2) is 57.4 Å². The molecule has 0 amide bonds. The van der Waals surface area contributed by atoms with E-state index < -0.39 is 11.9 Å². The number of esters is 2. The number of hydrogen-bond donors (Lipinski definition) is 0. The molecule has 0 atom stereocenters. The molecule has 10 heteroatoms. The van der Waals surface area contributed by atoms with Crippen LogP contribution in [0, 0.1) is 13.8 Å². The zero-order valence-corrected chi connectivity index (χ0v) is 23.7. The molecule has 0 spiro atoms. The zero-order chi connectivity index (χ0) is 29.4. The molecular weight excluding hydrogens is 520 g/mol. The van der Waals surface area contributed by atoms with Gasteiger partial charge in [-0.05, 0) is 62.4 Å². The van der Waals surface area contributed by atoms with E-state index in [4.69, 9.17) is 37.3 Å². The van der Waals surface area contributed by atoms with Gasteiger partial charge in [0.1, 0.15) is 34.1 Å². The second kappa shape index (κ2) is 13.3. The maximum atomic E-state index is 11.8. The number of methoxy groups -OCH3 is 6. The summed E-state index contributed by atoms with van der Waals surface area (Å²) in [5.41, 5.74) is 3.63. The van der Waals surface area contributed by atoms with Crippen molar-refractivity contribution in [2.24, 2.45) is 0 Å². The number of hydrogen-bond acceptors (Lipinski definition) is 10. The van der Waals surface area contributed by atoms with Crippen LogP contribution in [0.1, 0.15) is 31.8 Å². The molecular formula is C30H32O10. The molecule has 0 aliphatic heterocycles. The van der Waals surface area contributed by atoms with Crippen LogP contribution in [0.25, 0.3) is 22.6 Å². The van der Waals surface area contributed by atoms with Crippen LogP contribution in [-0.2, 0) is 9.47 Å². The Bertz CT molecular complexity index is 1330. The Morgan fingerprint density at radius 3 is 1.10 bits per heavy atom. The van der Waals surface area contributed by atoms with E-state index >= 15 is 0 Å². The van der Waals surface area contributed by atoms with Gasteiger partial charge in [0, 0.05) is 22.3 Å². The topological polar surface area (TPSA) is 116 Å². The third kappa shape index (κ3) is 6.06. The summed E-state index contributed by atoms with van der Waals surface area (Å²) in [6, 6.07) is 14.7. The van der Waals surface area contributed by atoms with Crippen LogP contribution >= 0.6 is 0 Å². The Morgan fingerprint density at radius 1 is 0.525 bits per heavy atom. The van der Waals surface area contributed by atoms with Gasteiger partial charge in [-0.1, -0.05) is 0 Å². The second-order valence-electron chi connectivity index (χ2n) is 8.29. The molecule has 2 heterocycles. The van der Waals surface area contributed by atoms with Gasteiger partial charge in [-0.2, -0.15) is 0 Å². The molecule has 0 saturated heterocycles. The number of carbonyl (C=O) groups excluding carboxylic acids is 2. The third-order valence-electron chi connectivity index (χ3n) is 6.08. The summed E-state index contributed by atoms with van der Waals surface area (Å²) in [7, 11) is 8.74. The van der Waals surface area contributed by atoms with Crippen LogP contribution in [0.3, 0.4) is 0 Å². The summed E-state index contributed by atoms with van der Waals surface area (Å²) >= 11 is 0. The van der Waals surface area contributed by atoms with Crippen molar-refractivity contribution in [1.82, 2.24) is 0 Å². The van der Waals surface area contributed by atoms with Gasteiger partial charge in [-0.3, -0.25) is 0 Å². The first-order valence-electron chi connectivity index (χ1n) is 12.0. The van der Waals surface area contributed by atoms with Crippen molar-refractivity contribution in [1.29, 1.82) is 0 Å². The predicted octanol–water partition coefficient (Wildman–Crippen LogP) is 6.12. The molecule has 4 aromatic rings. The minimum atomic E-state index is -0.483. The Hall–Kier alpha value is -4.86. The lowest BCUT2D eigenvalue weighted by atomic mass is 10.1. The van der Waals surface area contributed by atoms with Crippen LogP contribution in [0.2, 0.25) is 0 Å². The first-order valence-corrected chi connectivity index (χ1v) is 12.0. The van der Waals surface area contributed by atoms with Gasteiger partial charge in [-0.15, -0.1) is 0 Å². The average molecular weight is 553 g/mol. The summed E-state index contributed by atoms with van der Waals surface area (Å²) in [6.45, 7) is 3.58.